The predicted octanol–water partition coefficient (Wildman–Crippen LogP) is -0.247. The zero-order chi connectivity index (χ0) is 10.7. The van der Waals surface area contributed by atoms with Crippen molar-refractivity contribution in [2.24, 2.45) is 7.05 Å². The SMILES string of the molecule is CNC(=O)c1ccc(=O)n(C)c1OC. The van der Waals surface area contributed by atoms with Crippen LogP contribution in [0.2, 0.25) is 0 Å². The Hall–Kier alpha value is -1.78. The van der Waals surface area contributed by atoms with Gasteiger partial charge in [0, 0.05) is 20.2 Å². The van der Waals surface area contributed by atoms with Gasteiger partial charge < -0.3 is 10.1 Å². The second-order valence-corrected chi connectivity index (χ2v) is 2.73. The highest BCUT2D eigenvalue weighted by molar-refractivity contribution is 5.96. The topological polar surface area (TPSA) is 60.3 Å². The summed E-state index contributed by atoms with van der Waals surface area (Å²) in [6.07, 6.45) is 0. The molecular weight excluding hydrogens is 184 g/mol. The van der Waals surface area contributed by atoms with Crippen LogP contribution in [0.25, 0.3) is 0 Å². The summed E-state index contributed by atoms with van der Waals surface area (Å²) >= 11 is 0. The highest BCUT2D eigenvalue weighted by Crippen LogP contribution is 2.13. The molecule has 76 valence electrons. The number of carbonyl (C=O) groups excluding carboxylic acids is 1. The second kappa shape index (κ2) is 3.95. The number of carbonyl (C=O) groups is 1. The number of pyridine rings is 1. The Balaban J connectivity index is 3.38. The molecule has 1 aromatic heterocycles. The fourth-order valence-electron chi connectivity index (χ4n) is 1.17. The summed E-state index contributed by atoms with van der Waals surface area (Å²) in [5.41, 5.74) is 0.131. The molecule has 0 aliphatic rings. The van der Waals surface area contributed by atoms with Crippen molar-refractivity contribution in [3.63, 3.8) is 0 Å². The van der Waals surface area contributed by atoms with Gasteiger partial charge in [-0.05, 0) is 6.07 Å². The van der Waals surface area contributed by atoms with Crippen LogP contribution in [-0.2, 0) is 7.05 Å². The molecule has 0 fully saturated rings. The molecule has 0 aliphatic carbocycles. The molecule has 0 saturated carbocycles. The highest BCUT2D eigenvalue weighted by atomic mass is 16.5. The zero-order valence-corrected chi connectivity index (χ0v) is 8.33. The van der Waals surface area contributed by atoms with Gasteiger partial charge in [-0.3, -0.25) is 14.2 Å². The summed E-state index contributed by atoms with van der Waals surface area (Å²) < 4.78 is 6.26. The molecule has 0 saturated heterocycles. The van der Waals surface area contributed by atoms with Crippen molar-refractivity contribution in [3.8, 4) is 5.88 Å². The normalized spacial score (nSPS) is 9.64. The van der Waals surface area contributed by atoms with Crippen LogP contribution in [0.3, 0.4) is 0 Å². The fourth-order valence-corrected chi connectivity index (χ4v) is 1.17. The molecule has 1 rings (SSSR count). The standard InChI is InChI=1S/C9H12N2O3/c1-10-8(13)6-4-5-7(12)11(2)9(6)14-3/h4-5H,1-3H3,(H,10,13). The number of nitrogens with zero attached hydrogens (tertiary/aromatic N) is 1. The van der Waals surface area contributed by atoms with E-state index in [9.17, 15) is 9.59 Å². The maximum Gasteiger partial charge on any atom is 0.256 e. The van der Waals surface area contributed by atoms with E-state index in [1.54, 1.807) is 7.05 Å². The van der Waals surface area contributed by atoms with E-state index in [1.165, 1.54) is 30.9 Å². The van der Waals surface area contributed by atoms with E-state index in [0.717, 1.165) is 0 Å². The van der Waals surface area contributed by atoms with Crippen molar-refractivity contribution in [2.75, 3.05) is 14.2 Å². The fraction of sp³-hybridized carbons (Fsp3) is 0.333. The smallest absolute Gasteiger partial charge is 0.256 e. The van der Waals surface area contributed by atoms with E-state index in [2.05, 4.69) is 5.32 Å². The maximum absolute atomic E-state index is 11.4. The summed E-state index contributed by atoms with van der Waals surface area (Å²) in [5, 5.41) is 2.47. The van der Waals surface area contributed by atoms with Crippen LogP contribution in [0.15, 0.2) is 16.9 Å². The quantitative estimate of drug-likeness (QED) is 0.709. The molecule has 0 radical (unpaired) electrons. The summed E-state index contributed by atoms with van der Waals surface area (Å²) in [4.78, 5) is 22.6. The van der Waals surface area contributed by atoms with Gasteiger partial charge in [-0.25, -0.2) is 0 Å². The lowest BCUT2D eigenvalue weighted by Crippen LogP contribution is -2.24. The number of nitrogens with one attached hydrogen (secondary N) is 1. The number of hydrogen-bond donors (Lipinski definition) is 1. The van der Waals surface area contributed by atoms with E-state index in [-0.39, 0.29) is 17.3 Å². The second-order valence-electron chi connectivity index (χ2n) is 2.73. The monoisotopic (exact) mass is 196 g/mol. The van der Waals surface area contributed by atoms with Crippen molar-refractivity contribution in [3.05, 3.63) is 28.0 Å². The van der Waals surface area contributed by atoms with Crippen LogP contribution in [0.1, 0.15) is 10.4 Å². The Kier molecular flexibility index (Phi) is 2.91. The van der Waals surface area contributed by atoms with Crippen molar-refractivity contribution in [1.29, 1.82) is 0 Å². The van der Waals surface area contributed by atoms with E-state index in [1.807, 2.05) is 0 Å². The molecule has 1 N–H and O–H groups in total. The van der Waals surface area contributed by atoms with Crippen molar-refractivity contribution >= 4 is 5.91 Å². The number of rotatable bonds is 2. The number of aromatic nitrogens is 1. The lowest BCUT2D eigenvalue weighted by molar-refractivity contribution is 0.0958. The third-order valence-electron chi connectivity index (χ3n) is 1.92. The Morgan fingerprint density at radius 2 is 2.14 bits per heavy atom. The van der Waals surface area contributed by atoms with Crippen molar-refractivity contribution in [2.45, 2.75) is 0 Å². The minimum atomic E-state index is -0.280. The Labute approximate surface area is 81.3 Å². The number of ether oxygens (including phenoxy) is 1. The lowest BCUT2D eigenvalue weighted by atomic mass is 10.2. The van der Waals surface area contributed by atoms with Gasteiger partial charge in [0.15, 0.2) is 0 Å². The predicted molar refractivity (Wildman–Crippen MR) is 51.6 cm³/mol. The van der Waals surface area contributed by atoms with Crippen LogP contribution in [-0.4, -0.2) is 24.6 Å². The molecule has 14 heavy (non-hydrogen) atoms. The molecular formula is C9H12N2O3. The molecule has 0 bridgehead atoms. The largest absolute Gasteiger partial charge is 0.482 e. The molecule has 0 atom stereocenters. The molecule has 1 heterocycles. The first-order valence-corrected chi connectivity index (χ1v) is 4.08. The number of amides is 1. The molecule has 5 heteroatoms. The minimum absolute atomic E-state index is 0.213. The van der Waals surface area contributed by atoms with E-state index in [0.29, 0.717) is 5.56 Å². The third kappa shape index (κ3) is 1.61. The Morgan fingerprint density at radius 3 is 2.64 bits per heavy atom. The average Bonchev–Trinajstić information content (AvgIpc) is 2.20. The van der Waals surface area contributed by atoms with E-state index in [4.69, 9.17) is 4.74 Å². The van der Waals surface area contributed by atoms with E-state index < -0.39 is 0 Å². The molecule has 0 unspecified atom stereocenters. The molecule has 5 nitrogen and oxygen atoms in total. The summed E-state index contributed by atoms with van der Waals surface area (Å²) in [6.45, 7) is 0. The number of methoxy groups -OCH3 is 1. The zero-order valence-electron chi connectivity index (χ0n) is 8.33. The van der Waals surface area contributed by atoms with E-state index >= 15 is 0 Å². The van der Waals surface area contributed by atoms with Gasteiger partial charge in [-0.2, -0.15) is 0 Å². The third-order valence-corrected chi connectivity index (χ3v) is 1.92. The van der Waals surface area contributed by atoms with Crippen LogP contribution in [0, 0.1) is 0 Å². The molecule has 1 amide bonds. The van der Waals surface area contributed by atoms with Crippen LogP contribution in [0.4, 0.5) is 0 Å². The molecule has 1 aromatic rings. The van der Waals surface area contributed by atoms with Crippen LogP contribution in [0.5, 0.6) is 5.88 Å². The Morgan fingerprint density at radius 1 is 1.50 bits per heavy atom. The van der Waals surface area contributed by atoms with Gasteiger partial charge in [0.1, 0.15) is 0 Å². The van der Waals surface area contributed by atoms with Crippen LogP contribution < -0.4 is 15.6 Å². The first-order valence-electron chi connectivity index (χ1n) is 4.08. The summed E-state index contributed by atoms with van der Waals surface area (Å²) in [6, 6.07) is 2.77. The van der Waals surface area contributed by atoms with Crippen molar-refractivity contribution in [1.82, 2.24) is 9.88 Å². The highest BCUT2D eigenvalue weighted by Gasteiger charge is 2.13. The lowest BCUT2D eigenvalue weighted by Gasteiger charge is -2.10. The molecule has 0 spiro atoms. The van der Waals surface area contributed by atoms with Gasteiger partial charge in [0.2, 0.25) is 5.88 Å². The van der Waals surface area contributed by atoms with Gasteiger partial charge in [-0.15, -0.1) is 0 Å². The van der Waals surface area contributed by atoms with Crippen LogP contribution >= 0.6 is 0 Å². The first kappa shape index (κ1) is 10.3. The average molecular weight is 196 g/mol. The van der Waals surface area contributed by atoms with Gasteiger partial charge in [0.05, 0.1) is 12.7 Å². The maximum atomic E-state index is 11.4. The molecule has 0 aliphatic heterocycles. The first-order chi connectivity index (χ1) is 6.61. The minimum Gasteiger partial charge on any atom is -0.482 e. The van der Waals surface area contributed by atoms with Gasteiger partial charge in [0.25, 0.3) is 11.5 Å². The molecule has 0 aromatic carbocycles. The Bertz CT molecular complexity index is 409. The summed E-state index contributed by atoms with van der Waals surface area (Å²) in [5.74, 6) is -0.0192. The number of hydrogen-bond acceptors (Lipinski definition) is 3. The van der Waals surface area contributed by atoms with Gasteiger partial charge >= 0.3 is 0 Å². The summed E-state index contributed by atoms with van der Waals surface area (Å²) in [7, 11) is 4.49. The van der Waals surface area contributed by atoms with Gasteiger partial charge in [-0.1, -0.05) is 0 Å². The van der Waals surface area contributed by atoms with Crippen molar-refractivity contribution < 1.29 is 9.53 Å².